The largest absolute Gasteiger partial charge is 0.481 e. The Bertz CT molecular complexity index is 637. The van der Waals surface area contributed by atoms with Crippen LogP contribution in [-0.2, 0) is 17.8 Å². The molecule has 0 spiro atoms. The summed E-state index contributed by atoms with van der Waals surface area (Å²) in [7, 11) is 0. The van der Waals surface area contributed by atoms with E-state index in [4.69, 9.17) is 5.11 Å². The number of hydrogen-bond donors (Lipinski definition) is 2. The minimum absolute atomic E-state index is 0.0604. The van der Waals surface area contributed by atoms with Gasteiger partial charge in [-0.25, -0.2) is 4.98 Å². The van der Waals surface area contributed by atoms with Gasteiger partial charge in [-0.1, -0.05) is 24.3 Å². The number of carbonyl (C=O) groups is 1. The molecule has 1 aromatic carbocycles. The molecule has 2 N–H and O–H groups in total. The Morgan fingerprint density at radius 2 is 2.00 bits per heavy atom. The van der Waals surface area contributed by atoms with Gasteiger partial charge in [0.1, 0.15) is 0 Å². The summed E-state index contributed by atoms with van der Waals surface area (Å²) >= 11 is 1.70. The molecule has 1 heterocycles. The lowest BCUT2D eigenvalue weighted by Gasteiger charge is -2.14. The highest BCUT2D eigenvalue weighted by Gasteiger charge is 2.13. The molecular formula is C16H20N2O2S. The van der Waals surface area contributed by atoms with Gasteiger partial charge in [-0.3, -0.25) is 4.79 Å². The zero-order chi connectivity index (χ0) is 15.4. The van der Waals surface area contributed by atoms with Gasteiger partial charge in [-0.2, -0.15) is 0 Å². The smallest absolute Gasteiger partial charge is 0.307 e. The number of aliphatic carboxylic acids is 1. The van der Waals surface area contributed by atoms with E-state index in [0.717, 1.165) is 21.8 Å². The molecule has 0 aliphatic carbocycles. The molecule has 0 aliphatic rings. The van der Waals surface area contributed by atoms with Crippen molar-refractivity contribution in [3.05, 3.63) is 51.0 Å². The summed E-state index contributed by atoms with van der Waals surface area (Å²) in [5.41, 5.74) is 2.96. The van der Waals surface area contributed by atoms with Crippen molar-refractivity contribution < 1.29 is 9.90 Å². The van der Waals surface area contributed by atoms with Crippen molar-refractivity contribution in [3.63, 3.8) is 0 Å². The van der Waals surface area contributed by atoms with Gasteiger partial charge in [0.2, 0.25) is 0 Å². The SMILES string of the molecule is Cc1nc(C)c(C(C)NCc2ccccc2CC(=O)O)s1. The average molecular weight is 304 g/mol. The quantitative estimate of drug-likeness (QED) is 0.860. The van der Waals surface area contributed by atoms with Gasteiger partial charge in [0, 0.05) is 17.5 Å². The second-order valence-corrected chi connectivity index (χ2v) is 6.36. The summed E-state index contributed by atoms with van der Waals surface area (Å²) in [6.45, 7) is 6.80. The summed E-state index contributed by atoms with van der Waals surface area (Å²) in [6, 6.07) is 7.87. The highest BCUT2D eigenvalue weighted by atomic mass is 32.1. The average Bonchev–Trinajstić information content (AvgIpc) is 2.76. The van der Waals surface area contributed by atoms with Crippen LogP contribution in [0.1, 0.15) is 39.7 Å². The zero-order valence-corrected chi connectivity index (χ0v) is 13.3. The van der Waals surface area contributed by atoms with Crippen LogP contribution in [-0.4, -0.2) is 16.1 Å². The third-order valence-corrected chi connectivity index (χ3v) is 4.65. The van der Waals surface area contributed by atoms with Crippen molar-refractivity contribution >= 4 is 17.3 Å². The Morgan fingerprint density at radius 3 is 2.57 bits per heavy atom. The number of aromatic nitrogens is 1. The first-order chi connectivity index (χ1) is 9.97. The van der Waals surface area contributed by atoms with Crippen molar-refractivity contribution in [3.8, 4) is 0 Å². The summed E-state index contributed by atoms with van der Waals surface area (Å²) in [5, 5.41) is 13.5. The maximum atomic E-state index is 10.9. The van der Waals surface area contributed by atoms with Crippen LogP contribution in [0.5, 0.6) is 0 Å². The number of thiazole rings is 1. The van der Waals surface area contributed by atoms with E-state index < -0.39 is 5.97 Å². The fourth-order valence-corrected chi connectivity index (χ4v) is 3.32. The van der Waals surface area contributed by atoms with Gasteiger partial charge in [0.15, 0.2) is 0 Å². The normalized spacial score (nSPS) is 12.3. The lowest BCUT2D eigenvalue weighted by atomic mass is 10.0. The van der Waals surface area contributed by atoms with Gasteiger partial charge in [0.05, 0.1) is 17.1 Å². The van der Waals surface area contributed by atoms with E-state index in [1.165, 1.54) is 4.88 Å². The molecule has 1 aromatic heterocycles. The van der Waals surface area contributed by atoms with Gasteiger partial charge in [0.25, 0.3) is 0 Å². The lowest BCUT2D eigenvalue weighted by Crippen LogP contribution is -2.19. The second kappa shape index (κ2) is 6.83. The Morgan fingerprint density at radius 1 is 1.33 bits per heavy atom. The predicted molar refractivity (Wildman–Crippen MR) is 84.6 cm³/mol. The first kappa shape index (κ1) is 15.7. The molecule has 5 heteroatoms. The van der Waals surface area contributed by atoms with Crippen LogP contribution in [0.2, 0.25) is 0 Å². The predicted octanol–water partition coefficient (Wildman–Crippen LogP) is 3.24. The fourth-order valence-electron chi connectivity index (χ4n) is 2.37. The maximum Gasteiger partial charge on any atom is 0.307 e. The number of rotatable bonds is 6. The van der Waals surface area contributed by atoms with E-state index in [9.17, 15) is 4.79 Å². The number of hydrogen-bond acceptors (Lipinski definition) is 4. The van der Waals surface area contributed by atoms with Crippen LogP contribution < -0.4 is 5.32 Å². The Labute approximate surface area is 128 Å². The molecule has 0 radical (unpaired) electrons. The first-order valence-corrected chi connectivity index (χ1v) is 7.75. The third-order valence-electron chi connectivity index (χ3n) is 3.39. The molecule has 21 heavy (non-hydrogen) atoms. The molecule has 2 aromatic rings. The molecule has 1 atom stereocenters. The van der Waals surface area contributed by atoms with E-state index in [2.05, 4.69) is 17.2 Å². The molecule has 0 aliphatic heterocycles. The molecule has 0 saturated heterocycles. The van der Waals surface area contributed by atoms with Crippen molar-refractivity contribution in [2.45, 2.75) is 39.8 Å². The zero-order valence-electron chi connectivity index (χ0n) is 12.5. The highest BCUT2D eigenvalue weighted by molar-refractivity contribution is 7.11. The number of nitrogens with one attached hydrogen (secondary N) is 1. The van der Waals surface area contributed by atoms with Crippen molar-refractivity contribution in [2.75, 3.05) is 0 Å². The van der Waals surface area contributed by atoms with Gasteiger partial charge in [-0.15, -0.1) is 11.3 Å². The summed E-state index contributed by atoms with van der Waals surface area (Å²) in [5.74, 6) is -0.801. The molecule has 112 valence electrons. The van der Waals surface area contributed by atoms with Crippen LogP contribution in [0.25, 0.3) is 0 Å². The topological polar surface area (TPSA) is 62.2 Å². The van der Waals surface area contributed by atoms with Crippen LogP contribution >= 0.6 is 11.3 Å². The van der Waals surface area contributed by atoms with E-state index in [0.29, 0.717) is 6.54 Å². The molecule has 1 unspecified atom stereocenters. The minimum atomic E-state index is -0.801. The second-order valence-electron chi connectivity index (χ2n) is 5.12. The number of carboxylic acids is 1. The maximum absolute atomic E-state index is 10.9. The Hall–Kier alpha value is -1.72. The van der Waals surface area contributed by atoms with E-state index in [-0.39, 0.29) is 12.5 Å². The Balaban J connectivity index is 2.06. The molecule has 0 fully saturated rings. The van der Waals surface area contributed by atoms with Crippen molar-refractivity contribution in [1.82, 2.24) is 10.3 Å². The number of benzene rings is 1. The molecule has 0 bridgehead atoms. The van der Waals surface area contributed by atoms with E-state index in [1.54, 1.807) is 11.3 Å². The van der Waals surface area contributed by atoms with Gasteiger partial charge in [-0.05, 0) is 31.9 Å². The molecule has 0 amide bonds. The van der Waals surface area contributed by atoms with Crippen molar-refractivity contribution in [2.24, 2.45) is 0 Å². The Kier molecular flexibility index (Phi) is 5.09. The van der Waals surface area contributed by atoms with Crippen molar-refractivity contribution in [1.29, 1.82) is 0 Å². The number of nitrogens with zero attached hydrogens (tertiary/aromatic N) is 1. The molecular weight excluding hydrogens is 284 g/mol. The van der Waals surface area contributed by atoms with Crippen LogP contribution in [0, 0.1) is 13.8 Å². The summed E-state index contributed by atoms with van der Waals surface area (Å²) < 4.78 is 0. The molecule has 2 rings (SSSR count). The van der Waals surface area contributed by atoms with Crippen LogP contribution in [0.4, 0.5) is 0 Å². The van der Waals surface area contributed by atoms with Crippen LogP contribution in [0.15, 0.2) is 24.3 Å². The van der Waals surface area contributed by atoms with E-state index >= 15 is 0 Å². The monoisotopic (exact) mass is 304 g/mol. The lowest BCUT2D eigenvalue weighted by molar-refractivity contribution is -0.136. The summed E-state index contributed by atoms with van der Waals surface area (Å²) in [6.07, 6.45) is 0.0604. The number of aryl methyl sites for hydroxylation is 2. The highest BCUT2D eigenvalue weighted by Crippen LogP contribution is 2.24. The third kappa shape index (κ3) is 4.12. The first-order valence-electron chi connectivity index (χ1n) is 6.93. The summed E-state index contributed by atoms with van der Waals surface area (Å²) in [4.78, 5) is 16.6. The number of carboxylic acid groups (broad SMARTS) is 1. The standard InChI is InChI=1S/C16H20N2O2S/c1-10(16-11(2)18-12(3)21-16)17-9-14-7-5-4-6-13(14)8-15(19)20/h4-7,10,17H,8-9H2,1-3H3,(H,19,20). The van der Waals surface area contributed by atoms with Crippen LogP contribution in [0.3, 0.4) is 0 Å². The van der Waals surface area contributed by atoms with Gasteiger partial charge >= 0.3 is 5.97 Å². The fraction of sp³-hybridized carbons (Fsp3) is 0.375. The molecule has 4 nitrogen and oxygen atoms in total. The molecule has 0 saturated carbocycles. The van der Waals surface area contributed by atoms with Gasteiger partial charge < -0.3 is 10.4 Å². The minimum Gasteiger partial charge on any atom is -0.481 e. The van der Waals surface area contributed by atoms with E-state index in [1.807, 2.05) is 38.1 Å².